The number of carbonyl (C=O) groups is 1. The summed E-state index contributed by atoms with van der Waals surface area (Å²) in [6.07, 6.45) is 3.42. The highest BCUT2D eigenvalue weighted by Gasteiger charge is 2.59. The third-order valence-electron chi connectivity index (χ3n) is 4.39. The second kappa shape index (κ2) is 5.83. The number of likely N-dealkylation sites (tertiary alicyclic amines) is 1. The van der Waals surface area contributed by atoms with Gasteiger partial charge in [-0.2, -0.15) is 11.8 Å². The van der Waals surface area contributed by atoms with Gasteiger partial charge in [0.2, 0.25) is 0 Å². The molecule has 2 fully saturated rings. The van der Waals surface area contributed by atoms with Crippen LogP contribution in [0.15, 0.2) is 0 Å². The summed E-state index contributed by atoms with van der Waals surface area (Å²) in [4.78, 5) is 14.1. The van der Waals surface area contributed by atoms with E-state index in [1.54, 1.807) is 0 Å². The van der Waals surface area contributed by atoms with Crippen molar-refractivity contribution < 1.29 is 9.53 Å². The molecule has 1 saturated heterocycles. The van der Waals surface area contributed by atoms with E-state index in [9.17, 15) is 4.79 Å². The molecular weight excluding hydrogens is 246 g/mol. The van der Waals surface area contributed by atoms with Crippen LogP contribution in [0.3, 0.4) is 0 Å². The molecule has 0 unspecified atom stereocenters. The van der Waals surface area contributed by atoms with E-state index in [1.807, 2.05) is 11.8 Å². The smallest absolute Gasteiger partial charge is 0.309 e. The quantitative estimate of drug-likeness (QED) is 0.718. The highest BCUT2D eigenvalue weighted by atomic mass is 32.2. The minimum atomic E-state index is 0.0128. The third kappa shape index (κ3) is 3.21. The molecule has 0 N–H and O–H groups in total. The summed E-state index contributed by atoms with van der Waals surface area (Å²) in [5.74, 6) is 1.44. The number of carbonyl (C=O) groups excluding carboxylic acids is 1. The van der Waals surface area contributed by atoms with Crippen LogP contribution in [0.5, 0.6) is 0 Å². The Balaban J connectivity index is 1.68. The first kappa shape index (κ1) is 14.2. The Morgan fingerprint density at radius 2 is 2.11 bits per heavy atom. The lowest BCUT2D eigenvalue weighted by Gasteiger charge is -2.32. The van der Waals surface area contributed by atoms with Crippen molar-refractivity contribution in [3.8, 4) is 0 Å². The van der Waals surface area contributed by atoms with Crippen molar-refractivity contribution in [3.63, 3.8) is 0 Å². The normalized spacial score (nSPS) is 26.6. The number of rotatable bonds is 5. The second-order valence-corrected chi connectivity index (χ2v) is 7.59. The number of esters is 1. The van der Waals surface area contributed by atoms with Crippen molar-refractivity contribution in [1.29, 1.82) is 0 Å². The van der Waals surface area contributed by atoms with Crippen molar-refractivity contribution in [2.45, 2.75) is 38.4 Å². The standard InChI is InChI=1S/C14H25NO2S/c1-11(2)18-9-8-15-6-4-14(5-7-15)10-12(14)13(16)17-3/h11-12H,4-10H2,1-3H3/t12-/m1/s1. The molecule has 1 heterocycles. The zero-order valence-electron chi connectivity index (χ0n) is 11.8. The molecule has 3 nitrogen and oxygen atoms in total. The van der Waals surface area contributed by atoms with E-state index >= 15 is 0 Å². The second-order valence-electron chi connectivity index (χ2n) is 5.90. The molecule has 1 atom stereocenters. The zero-order chi connectivity index (χ0) is 13.2. The molecule has 4 heteroatoms. The largest absolute Gasteiger partial charge is 0.469 e. The summed E-state index contributed by atoms with van der Waals surface area (Å²) >= 11 is 2.03. The highest BCUT2D eigenvalue weighted by molar-refractivity contribution is 7.99. The van der Waals surface area contributed by atoms with Gasteiger partial charge in [-0.25, -0.2) is 0 Å². The first-order chi connectivity index (χ1) is 8.57. The maximum absolute atomic E-state index is 11.5. The Bertz CT molecular complexity index is 298. The lowest BCUT2D eigenvalue weighted by atomic mass is 9.91. The molecule has 0 aromatic heterocycles. The van der Waals surface area contributed by atoms with Crippen LogP contribution >= 0.6 is 11.8 Å². The van der Waals surface area contributed by atoms with Crippen molar-refractivity contribution >= 4 is 17.7 Å². The molecular formula is C14H25NO2S. The fraction of sp³-hybridized carbons (Fsp3) is 0.929. The summed E-state index contributed by atoms with van der Waals surface area (Å²) in [5.41, 5.74) is 0.314. The molecule has 1 saturated carbocycles. The predicted octanol–water partition coefficient (Wildman–Crippen LogP) is 2.40. The predicted molar refractivity (Wildman–Crippen MR) is 75.8 cm³/mol. The summed E-state index contributed by atoms with van der Waals surface area (Å²) < 4.78 is 4.86. The molecule has 104 valence electrons. The summed E-state index contributed by atoms with van der Waals surface area (Å²) in [6, 6.07) is 0. The van der Waals surface area contributed by atoms with Crippen LogP contribution in [0.25, 0.3) is 0 Å². The molecule has 1 aliphatic carbocycles. The van der Waals surface area contributed by atoms with Crippen LogP contribution in [0.4, 0.5) is 0 Å². The molecule has 0 amide bonds. The first-order valence-electron chi connectivity index (χ1n) is 6.99. The van der Waals surface area contributed by atoms with Gasteiger partial charge in [0, 0.05) is 12.3 Å². The maximum Gasteiger partial charge on any atom is 0.309 e. The number of piperidine rings is 1. The van der Waals surface area contributed by atoms with E-state index in [4.69, 9.17) is 4.74 Å². The molecule has 0 aromatic carbocycles. The summed E-state index contributed by atoms with van der Waals surface area (Å²) in [7, 11) is 1.51. The fourth-order valence-electron chi connectivity index (χ4n) is 3.02. The van der Waals surface area contributed by atoms with Gasteiger partial charge in [0.25, 0.3) is 0 Å². The molecule has 0 bridgehead atoms. The van der Waals surface area contributed by atoms with E-state index in [1.165, 1.54) is 32.2 Å². The number of ether oxygens (including phenoxy) is 1. The Hall–Kier alpha value is -0.220. The van der Waals surface area contributed by atoms with Crippen LogP contribution in [0, 0.1) is 11.3 Å². The SMILES string of the molecule is COC(=O)[C@H]1CC12CCN(CCSC(C)C)CC2. The Labute approximate surface area is 115 Å². The summed E-state index contributed by atoms with van der Waals surface area (Å²) in [6.45, 7) is 8.02. The molecule has 1 spiro atoms. The van der Waals surface area contributed by atoms with Gasteiger partial charge in [0.1, 0.15) is 0 Å². The summed E-state index contributed by atoms with van der Waals surface area (Å²) in [5, 5.41) is 0.730. The molecule has 0 aromatic rings. The van der Waals surface area contributed by atoms with Crippen molar-refractivity contribution in [2.75, 3.05) is 32.5 Å². The van der Waals surface area contributed by atoms with Gasteiger partial charge in [0.05, 0.1) is 13.0 Å². The van der Waals surface area contributed by atoms with E-state index in [0.29, 0.717) is 5.41 Å². The lowest BCUT2D eigenvalue weighted by Crippen LogP contribution is -2.37. The van der Waals surface area contributed by atoms with Crippen LogP contribution in [0.1, 0.15) is 33.1 Å². The topological polar surface area (TPSA) is 29.5 Å². The van der Waals surface area contributed by atoms with E-state index in [0.717, 1.165) is 24.8 Å². The van der Waals surface area contributed by atoms with Gasteiger partial charge < -0.3 is 9.64 Å². The number of hydrogen-bond acceptors (Lipinski definition) is 4. The number of methoxy groups -OCH3 is 1. The van der Waals surface area contributed by atoms with Gasteiger partial charge in [-0.1, -0.05) is 13.8 Å². The van der Waals surface area contributed by atoms with Crippen LogP contribution < -0.4 is 0 Å². The van der Waals surface area contributed by atoms with E-state index in [2.05, 4.69) is 18.7 Å². The maximum atomic E-state index is 11.5. The molecule has 0 radical (unpaired) electrons. The van der Waals surface area contributed by atoms with Gasteiger partial charge in [-0.05, 0) is 43.0 Å². The minimum absolute atomic E-state index is 0.0128. The van der Waals surface area contributed by atoms with Gasteiger partial charge >= 0.3 is 5.97 Å². The van der Waals surface area contributed by atoms with Crippen molar-refractivity contribution in [2.24, 2.45) is 11.3 Å². The highest BCUT2D eigenvalue weighted by Crippen LogP contribution is 2.59. The van der Waals surface area contributed by atoms with E-state index in [-0.39, 0.29) is 11.9 Å². The van der Waals surface area contributed by atoms with Gasteiger partial charge in [-0.15, -0.1) is 0 Å². The van der Waals surface area contributed by atoms with Crippen molar-refractivity contribution in [1.82, 2.24) is 4.90 Å². The molecule has 2 aliphatic rings. The van der Waals surface area contributed by atoms with E-state index < -0.39 is 0 Å². The average Bonchev–Trinajstić information content (AvgIpc) is 3.05. The average molecular weight is 271 g/mol. The van der Waals surface area contributed by atoms with Crippen LogP contribution in [-0.2, 0) is 9.53 Å². The molecule has 2 rings (SSSR count). The fourth-order valence-corrected chi connectivity index (χ4v) is 3.85. The van der Waals surface area contributed by atoms with Crippen LogP contribution in [-0.4, -0.2) is 48.6 Å². The Morgan fingerprint density at radius 3 is 2.67 bits per heavy atom. The monoisotopic (exact) mass is 271 g/mol. The van der Waals surface area contributed by atoms with Gasteiger partial charge in [0.15, 0.2) is 0 Å². The number of thioether (sulfide) groups is 1. The molecule has 18 heavy (non-hydrogen) atoms. The number of hydrogen-bond donors (Lipinski definition) is 0. The van der Waals surface area contributed by atoms with Gasteiger partial charge in [-0.3, -0.25) is 4.79 Å². The van der Waals surface area contributed by atoms with Crippen LogP contribution in [0.2, 0.25) is 0 Å². The third-order valence-corrected chi connectivity index (χ3v) is 5.47. The number of nitrogens with zero attached hydrogens (tertiary/aromatic N) is 1. The zero-order valence-corrected chi connectivity index (χ0v) is 12.6. The Morgan fingerprint density at radius 1 is 1.44 bits per heavy atom. The first-order valence-corrected chi connectivity index (χ1v) is 8.04. The minimum Gasteiger partial charge on any atom is -0.469 e. The molecule has 1 aliphatic heterocycles. The van der Waals surface area contributed by atoms with Crippen molar-refractivity contribution in [3.05, 3.63) is 0 Å². The lowest BCUT2D eigenvalue weighted by molar-refractivity contribution is -0.143. The Kier molecular flexibility index (Phi) is 4.59.